The number of ether oxygens (including phenoxy) is 2. The van der Waals surface area contributed by atoms with Crippen LogP contribution in [0.3, 0.4) is 0 Å². The number of carbonyl (C=O) groups is 2. The predicted octanol–water partition coefficient (Wildman–Crippen LogP) is 1.44. The summed E-state index contributed by atoms with van der Waals surface area (Å²) in [6, 6.07) is 2.76. The predicted molar refractivity (Wildman–Crippen MR) is 64.5 cm³/mol. The van der Waals surface area contributed by atoms with Crippen LogP contribution in [0, 0.1) is 0 Å². The van der Waals surface area contributed by atoms with Crippen molar-refractivity contribution in [2.45, 2.75) is 12.5 Å². The van der Waals surface area contributed by atoms with Crippen LogP contribution in [0.15, 0.2) is 16.6 Å². The van der Waals surface area contributed by atoms with Crippen molar-refractivity contribution in [3.05, 3.63) is 22.2 Å². The number of hydrogen-bond acceptors (Lipinski definition) is 4. The van der Waals surface area contributed by atoms with E-state index in [9.17, 15) is 9.59 Å². The van der Waals surface area contributed by atoms with E-state index in [0.717, 1.165) is 0 Å². The second kappa shape index (κ2) is 5.26. The normalized spacial score (nSPS) is 14.1. The third kappa shape index (κ3) is 2.56. The highest BCUT2D eigenvalue weighted by Gasteiger charge is 2.22. The van der Waals surface area contributed by atoms with Crippen molar-refractivity contribution in [3.63, 3.8) is 0 Å². The molecule has 7 heteroatoms. The first kappa shape index (κ1) is 12.7. The van der Waals surface area contributed by atoms with Crippen molar-refractivity contribution in [1.82, 2.24) is 5.32 Å². The highest BCUT2D eigenvalue weighted by molar-refractivity contribution is 9.10. The summed E-state index contributed by atoms with van der Waals surface area (Å²) < 4.78 is 11.1. The number of carboxylic acids is 1. The number of rotatable bonds is 5. The fourth-order valence-electron chi connectivity index (χ4n) is 1.72. The van der Waals surface area contributed by atoms with E-state index in [2.05, 4.69) is 21.2 Å². The Bertz CT molecular complexity index is 491. The lowest BCUT2D eigenvalue weighted by atomic mass is 10.0. The van der Waals surface area contributed by atoms with Gasteiger partial charge in [0, 0.05) is 0 Å². The van der Waals surface area contributed by atoms with Gasteiger partial charge in [0.1, 0.15) is 0 Å². The Hall–Kier alpha value is -1.76. The van der Waals surface area contributed by atoms with Gasteiger partial charge in [-0.05, 0) is 33.6 Å². The minimum absolute atomic E-state index is 0.127. The molecular weight excluding hydrogens is 306 g/mol. The van der Waals surface area contributed by atoms with Crippen LogP contribution in [-0.4, -0.2) is 24.3 Å². The zero-order valence-corrected chi connectivity index (χ0v) is 10.8. The van der Waals surface area contributed by atoms with Crippen molar-refractivity contribution >= 4 is 28.3 Å². The fourth-order valence-corrected chi connectivity index (χ4v) is 2.29. The molecule has 0 spiro atoms. The highest BCUT2D eigenvalue weighted by atomic mass is 79.9. The van der Waals surface area contributed by atoms with Crippen LogP contribution in [0.1, 0.15) is 18.0 Å². The second-order valence-corrected chi connectivity index (χ2v) is 4.53. The molecule has 1 aliphatic heterocycles. The van der Waals surface area contributed by atoms with Crippen LogP contribution in [0.2, 0.25) is 0 Å². The number of carbonyl (C=O) groups excluding carboxylic acids is 1. The van der Waals surface area contributed by atoms with E-state index in [0.29, 0.717) is 27.9 Å². The molecule has 2 N–H and O–H groups in total. The number of benzene rings is 1. The largest absolute Gasteiger partial charge is 0.481 e. The number of nitrogens with one attached hydrogen (secondary N) is 1. The molecule has 96 valence electrons. The molecule has 6 nitrogen and oxygen atoms in total. The fraction of sp³-hybridized carbons (Fsp3) is 0.273. The Morgan fingerprint density at radius 1 is 1.56 bits per heavy atom. The molecule has 0 bridgehead atoms. The van der Waals surface area contributed by atoms with Gasteiger partial charge >= 0.3 is 5.97 Å². The van der Waals surface area contributed by atoms with Gasteiger partial charge in [0.05, 0.1) is 16.9 Å². The zero-order valence-electron chi connectivity index (χ0n) is 9.18. The summed E-state index contributed by atoms with van der Waals surface area (Å²) in [7, 11) is 0. The summed E-state index contributed by atoms with van der Waals surface area (Å²) in [6.07, 6.45) is 0.275. The monoisotopic (exact) mass is 315 g/mol. The third-order valence-electron chi connectivity index (χ3n) is 2.50. The summed E-state index contributed by atoms with van der Waals surface area (Å²) in [5, 5.41) is 11.3. The van der Waals surface area contributed by atoms with E-state index in [1.165, 1.54) is 0 Å². The zero-order chi connectivity index (χ0) is 13.1. The molecule has 0 radical (unpaired) electrons. The molecule has 2 rings (SSSR count). The van der Waals surface area contributed by atoms with E-state index in [4.69, 9.17) is 14.6 Å². The molecule has 1 atom stereocenters. The molecule has 1 unspecified atom stereocenters. The molecule has 1 aromatic carbocycles. The van der Waals surface area contributed by atoms with Gasteiger partial charge in [-0.15, -0.1) is 0 Å². The maximum Gasteiger partial charge on any atom is 0.305 e. The molecule has 0 saturated heterocycles. The Morgan fingerprint density at radius 3 is 3.00 bits per heavy atom. The van der Waals surface area contributed by atoms with Crippen molar-refractivity contribution in [1.29, 1.82) is 0 Å². The molecule has 0 fully saturated rings. The standard InChI is InChI=1S/C11H10BrNO5/c12-7-1-6(2-9-11(7)18-5-17-9)8(13-4-14)3-10(15)16/h1-2,4,8H,3,5H2,(H,13,14)(H,15,16). The maximum absolute atomic E-state index is 10.8. The molecular formula is C11H10BrNO5. The molecule has 0 aromatic heterocycles. The van der Waals surface area contributed by atoms with E-state index in [1.807, 2.05) is 0 Å². The number of fused-ring (bicyclic) bond motifs is 1. The van der Waals surface area contributed by atoms with E-state index in [1.54, 1.807) is 12.1 Å². The Morgan fingerprint density at radius 2 is 2.33 bits per heavy atom. The summed E-state index contributed by atoms with van der Waals surface area (Å²) in [5.74, 6) is 0.115. The average Bonchev–Trinajstić information content (AvgIpc) is 2.76. The quantitative estimate of drug-likeness (QED) is 0.803. The van der Waals surface area contributed by atoms with Crippen LogP contribution in [0.5, 0.6) is 11.5 Å². The molecule has 1 aromatic rings. The SMILES string of the molecule is O=CNC(CC(=O)O)c1cc(Br)c2c(c1)OCO2. The van der Waals surface area contributed by atoms with Crippen molar-refractivity contribution in [2.75, 3.05) is 6.79 Å². The summed E-state index contributed by atoms with van der Waals surface area (Å²) in [6.45, 7) is 0.127. The van der Waals surface area contributed by atoms with Gasteiger partial charge in [-0.3, -0.25) is 9.59 Å². The molecule has 1 heterocycles. The molecule has 0 aliphatic carbocycles. The van der Waals surface area contributed by atoms with Crippen LogP contribution < -0.4 is 14.8 Å². The lowest BCUT2D eigenvalue weighted by Crippen LogP contribution is -2.22. The van der Waals surface area contributed by atoms with Gasteiger partial charge in [-0.2, -0.15) is 0 Å². The summed E-state index contributed by atoms with van der Waals surface area (Å²) in [4.78, 5) is 21.3. The number of aliphatic carboxylic acids is 1. The minimum Gasteiger partial charge on any atom is -0.481 e. The van der Waals surface area contributed by atoms with Gasteiger partial charge in [-0.25, -0.2) is 0 Å². The van der Waals surface area contributed by atoms with E-state index >= 15 is 0 Å². The molecule has 18 heavy (non-hydrogen) atoms. The van der Waals surface area contributed by atoms with Crippen molar-refractivity contribution < 1.29 is 24.2 Å². The molecule has 1 aliphatic rings. The number of hydrogen-bond donors (Lipinski definition) is 2. The van der Waals surface area contributed by atoms with Crippen LogP contribution >= 0.6 is 15.9 Å². The van der Waals surface area contributed by atoms with Gasteiger partial charge in [-0.1, -0.05) is 0 Å². The lowest BCUT2D eigenvalue weighted by molar-refractivity contribution is -0.137. The molecule has 1 amide bonds. The topological polar surface area (TPSA) is 84.9 Å². The van der Waals surface area contributed by atoms with Crippen LogP contribution in [0.4, 0.5) is 0 Å². The second-order valence-electron chi connectivity index (χ2n) is 3.67. The van der Waals surface area contributed by atoms with Gasteiger partial charge in [0.15, 0.2) is 11.5 Å². The van der Waals surface area contributed by atoms with Crippen molar-refractivity contribution in [2.24, 2.45) is 0 Å². The summed E-state index contributed by atoms with van der Waals surface area (Å²) in [5.41, 5.74) is 0.639. The van der Waals surface area contributed by atoms with Gasteiger partial charge in [0.25, 0.3) is 0 Å². The highest BCUT2D eigenvalue weighted by Crippen LogP contribution is 2.41. The summed E-state index contributed by atoms with van der Waals surface area (Å²) >= 11 is 3.32. The number of halogens is 1. The maximum atomic E-state index is 10.8. The third-order valence-corrected chi connectivity index (χ3v) is 3.09. The smallest absolute Gasteiger partial charge is 0.305 e. The first-order valence-corrected chi connectivity index (χ1v) is 5.91. The minimum atomic E-state index is -0.997. The molecule has 0 saturated carbocycles. The van der Waals surface area contributed by atoms with E-state index in [-0.39, 0.29) is 13.2 Å². The first-order chi connectivity index (χ1) is 8.61. The Kier molecular flexibility index (Phi) is 3.71. The number of carboxylic acid groups (broad SMARTS) is 1. The lowest BCUT2D eigenvalue weighted by Gasteiger charge is -2.15. The van der Waals surface area contributed by atoms with E-state index < -0.39 is 12.0 Å². The average molecular weight is 316 g/mol. The van der Waals surface area contributed by atoms with Crippen LogP contribution in [0.25, 0.3) is 0 Å². The first-order valence-electron chi connectivity index (χ1n) is 5.12. The Balaban J connectivity index is 2.32. The number of amides is 1. The van der Waals surface area contributed by atoms with Gasteiger partial charge in [0.2, 0.25) is 13.2 Å². The Labute approximate surface area is 111 Å². The van der Waals surface area contributed by atoms with Crippen LogP contribution in [-0.2, 0) is 9.59 Å². The van der Waals surface area contributed by atoms with Gasteiger partial charge < -0.3 is 19.9 Å². The van der Waals surface area contributed by atoms with Crippen molar-refractivity contribution in [3.8, 4) is 11.5 Å².